The number of hydrogen-bond acceptors (Lipinski definition) is 4. The number of nitrogens with one attached hydrogen (secondary N) is 2. The van der Waals surface area contributed by atoms with Crippen molar-refractivity contribution in [1.29, 1.82) is 0 Å². The van der Waals surface area contributed by atoms with Crippen LogP contribution in [0.25, 0.3) is 0 Å². The normalized spacial score (nSPS) is 20.9. The Hall–Kier alpha value is -0.970. The zero-order valence-electron chi connectivity index (χ0n) is 11.4. The molecule has 0 aromatic heterocycles. The summed E-state index contributed by atoms with van der Waals surface area (Å²) in [6, 6.07) is 6.51. The van der Waals surface area contributed by atoms with Gasteiger partial charge in [-0.15, -0.1) is 0 Å². The summed E-state index contributed by atoms with van der Waals surface area (Å²) < 4.78 is 10.6. The van der Waals surface area contributed by atoms with Crippen LogP contribution in [0.1, 0.15) is 13.3 Å². The average Bonchev–Trinajstić information content (AvgIpc) is 2.40. The van der Waals surface area contributed by atoms with E-state index in [1.165, 1.54) is 0 Å². The standard InChI is InChI=1S/C14H21ClN2O2/c1-10(7-12-9-19-6-5-16-12)17-11-3-4-14(18-2)13(15)8-11/h3-4,8,10,12,16-17H,5-7,9H2,1-2H3. The monoisotopic (exact) mass is 284 g/mol. The molecule has 1 heterocycles. The molecule has 1 fully saturated rings. The number of morpholine rings is 1. The van der Waals surface area contributed by atoms with Crippen molar-refractivity contribution in [3.05, 3.63) is 23.2 Å². The van der Waals surface area contributed by atoms with Crippen LogP contribution >= 0.6 is 11.6 Å². The Morgan fingerprint density at radius 2 is 2.42 bits per heavy atom. The van der Waals surface area contributed by atoms with Crippen LogP contribution in [0, 0.1) is 0 Å². The first-order valence-electron chi connectivity index (χ1n) is 6.60. The van der Waals surface area contributed by atoms with Crippen molar-refractivity contribution in [2.24, 2.45) is 0 Å². The van der Waals surface area contributed by atoms with E-state index >= 15 is 0 Å². The fourth-order valence-corrected chi connectivity index (χ4v) is 2.56. The molecule has 19 heavy (non-hydrogen) atoms. The van der Waals surface area contributed by atoms with E-state index in [1.54, 1.807) is 7.11 Å². The molecule has 4 nitrogen and oxygen atoms in total. The molecule has 0 aliphatic carbocycles. The minimum Gasteiger partial charge on any atom is -0.495 e. The maximum atomic E-state index is 6.11. The number of hydrogen-bond donors (Lipinski definition) is 2. The molecule has 1 aromatic rings. The summed E-state index contributed by atoms with van der Waals surface area (Å²) in [4.78, 5) is 0. The molecule has 1 saturated heterocycles. The number of benzene rings is 1. The minimum absolute atomic E-state index is 0.351. The molecule has 2 atom stereocenters. The van der Waals surface area contributed by atoms with Crippen LogP contribution in [0.5, 0.6) is 5.75 Å². The maximum absolute atomic E-state index is 6.11. The number of methoxy groups -OCH3 is 1. The summed E-state index contributed by atoms with van der Waals surface area (Å²) in [5.74, 6) is 0.696. The minimum atomic E-state index is 0.351. The van der Waals surface area contributed by atoms with Gasteiger partial charge in [-0.2, -0.15) is 0 Å². The van der Waals surface area contributed by atoms with Gasteiger partial charge >= 0.3 is 0 Å². The van der Waals surface area contributed by atoms with Crippen LogP contribution < -0.4 is 15.4 Å². The van der Waals surface area contributed by atoms with E-state index in [0.717, 1.165) is 31.9 Å². The fraction of sp³-hybridized carbons (Fsp3) is 0.571. The molecule has 5 heteroatoms. The van der Waals surface area contributed by atoms with Crippen LogP contribution in [-0.4, -0.2) is 39.0 Å². The lowest BCUT2D eigenvalue weighted by Crippen LogP contribution is -2.43. The Bertz CT molecular complexity index is 408. The second-order valence-electron chi connectivity index (χ2n) is 4.86. The summed E-state index contributed by atoms with van der Waals surface area (Å²) in [6.45, 7) is 4.70. The summed E-state index contributed by atoms with van der Waals surface area (Å²) in [5.41, 5.74) is 1.01. The van der Waals surface area contributed by atoms with Gasteiger partial charge in [0.25, 0.3) is 0 Å². The summed E-state index contributed by atoms with van der Waals surface area (Å²) >= 11 is 6.11. The molecule has 0 radical (unpaired) electrons. The van der Waals surface area contributed by atoms with Gasteiger partial charge in [-0.25, -0.2) is 0 Å². The number of halogens is 1. The van der Waals surface area contributed by atoms with E-state index < -0.39 is 0 Å². The molecule has 106 valence electrons. The maximum Gasteiger partial charge on any atom is 0.137 e. The summed E-state index contributed by atoms with van der Waals surface area (Å²) in [7, 11) is 1.62. The van der Waals surface area contributed by atoms with Crippen molar-refractivity contribution >= 4 is 17.3 Å². The van der Waals surface area contributed by atoms with E-state index in [0.29, 0.717) is 22.9 Å². The van der Waals surface area contributed by atoms with E-state index in [9.17, 15) is 0 Å². The van der Waals surface area contributed by atoms with Gasteiger partial charge in [-0.05, 0) is 31.5 Å². The first-order chi connectivity index (χ1) is 9.19. The zero-order chi connectivity index (χ0) is 13.7. The SMILES string of the molecule is COc1ccc(NC(C)CC2COCCN2)cc1Cl. The van der Waals surface area contributed by atoms with Crippen LogP contribution in [0.4, 0.5) is 5.69 Å². The number of anilines is 1. The average molecular weight is 285 g/mol. The topological polar surface area (TPSA) is 42.5 Å². The highest BCUT2D eigenvalue weighted by atomic mass is 35.5. The molecule has 1 aliphatic heterocycles. The summed E-state index contributed by atoms with van der Waals surface area (Å²) in [6.07, 6.45) is 1.02. The predicted octanol–water partition coefficient (Wildman–Crippen LogP) is 2.53. The third-order valence-corrected chi connectivity index (χ3v) is 3.50. The van der Waals surface area contributed by atoms with E-state index in [-0.39, 0.29) is 0 Å². The quantitative estimate of drug-likeness (QED) is 0.872. The molecule has 1 aliphatic rings. The molecule has 0 spiro atoms. The van der Waals surface area contributed by atoms with Crippen molar-refractivity contribution in [3.63, 3.8) is 0 Å². The van der Waals surface area contributed by atoms with Gasteiger partial charge in [0.15, 0.2) is 0 Å². The molecule has 0 bridgehead atoms. The van der Waals surface area contributed by atoms with Crippen molar-refractivity contribution in [2.45, 2.75) is 25.4 Å². The van der Waals surface area contributed by atoms with Gasteiger partial charge in [0, 0.05) is 24.3 Å². The lowest BCUT2D eigenvalue weighted by atomic mass is 10.1. The second-order valence-corrected chi connectivity index (χ2v) is 5.26. The van der Waals surface area contributed by atoms with Gasteiger partial charge in [0.1, 0.15) is 5.75 Å². The van der Waals surface area contributed by atoms with Gasteiger partial charge in [0.05, 0.1) is 25.3 Å². The van der Waals surface area contributed by atoms with Crippen LogP contribution in [-0.2, 0) is 4.74 Å². The van der Waals surface area contributed by atoms with Gasteiger partial charge in [-0.3, -0.25) is 0 Å². The highest BCUT2D eigenvalue weighted by Crippen LogP contribution is 2.27. The van der Waals surface area contributed by atoms with E-state index in [2.05, 4.69) is 17.6 Å². The fourth-order valence-electron chi connectivity index (χ4n) is 2.30. The first kappa shape index (κ1) is 14.4. The van der Waals surface area contributed by atoms with E-state index in [4.69, 9.17) is 21.1 Å². The van der Waals surface area contributed by atoms with E-state index in [1.807, 2.05) is 18.2 Å². The van der Waals surface area contributed by atoms with Crippen molar-refractivity contribution < 1.29 is 9.47 Å². The lowest BCUT2D eigenvalue weighted by Gasteiger charge is -2.27. The number of rotatable bonds is 5. The molecule has 0 saturated carbocycles. The van der Waals surface area contributed by atoms with Gasteiger partial charge in [-0.1, -0.05) is 11.6 Å². The first-order valence-corrected chi connectivity index (χ1v) is 6.98. The number of ether oxygens (including phenoxy) is 2. The summed E-state index contributed by atoms with van der Waals surface area (Å²) in [5, 5.41) is 7.52. The Balaban J connectivity index is 1.87. The van der Waals surface area contributed by atoms with Crippen LogP contribution in [0.15, 0.2) is 18.2 Å². The molecule has 1 aromatic carbocycles. The molecule has 0 amide bonds. The van der Waals surface area contributed by atoms with Crippen LogP contribution in [0.2, 0.25) is 5.02 Å². The third-order valence-electron chi connectivity index (χ3n) is 3.20. The second kappa shape index (κ2) is 6.98. The smallest absolute Gasteiger partial charge is 0.137 e. The Morgan fingerprint density at radius 1 is 1.58 bits per heavy atom. The Labute approximate surface area is 119 Å². The largest absolute Gasteiger partial charge is 0.495 e. The van der Waals surface area contributed by atoms with Crippen molar-refractivity contribution in [2.75, 3.05) is 32.2 Å². The van der Waals surface area contributed by atoms with Crippen molar-refractivity contribution in [3.8, 4) is 5.75 Å². The Morgan fingerprint density at radius 3 is 3.05 bits per heavy atom. The molecule has 2 N–H and O–H groups in total. The molecule has 2 rings (SSSR count). The van der Waals surface area contributed by atoms with Gasteiger partial charge in [0.2, 0.25) is 0 Å². The molecular weight excluding hydrogens is 264 g/mol. The molecule has 2 unspecified atom stereocenters. The van der Waals surface area contributed by atoms with Gasteiger partial charge < -0.3 is 20.1 Å². The zero-order valence-corrected chi connectivity index (χ0v) is 12.2. The predicted molar refractivity (Wildman–Crippen MR) is 78.3 cm³/mol. The third kappa shape index (κ3) is 4.27. The van der Waals surface area contributed by atoms with Crippen molar-refractivity contribution in [1.82, 2.24) is 5.32 Å². The highest BCUT2D eigenvalue weighted by Gasteiger charge is 2.16. The molecular formula is C14H21ClN2O2. The Kier molecular flexibility index (Phi) is 5.31. The highest BCUT2D eigenvalue weighted by molar-refractivity contribution is 6.32. The lowest BCUT2D eigenvalue weighted by molar-refractivity contribution is 0.0731. The van der Waals surface area contributed by atoms with Crippen LogP contribution in [0.3, 0.4) is 0 Å².